The number of hydrogen-bond acceptors (Lipinski definition) is 0. The topological polar surface area (TPSA) is 0 Å². The molecule has 0 atom stereocenters. The molecule has 0 aromatic heterocycles. The summed E-state index contributed by atoms with van der Waals surface area (Å²) in [5.41, 5.74) is 2.29. The van der Waals surface area contributed by atoms with Crippen molar-refractivity contribution < 1.29 is 0 Å². The highest BCUT2D eigenvalue weighted by Gasteiger charge is 2.01. The Morgan fingerprint density at radius 3 is 2.20 bits per heavy atom. The molecule has 2 heteroatoms. The first kappa shape index (κ1) is 8.09. The summed E-state index contributed by atoms with van der Waals surface area (Å²) in [4.78, 5) is 0. The van der Waals surface area contributed by atoms with E-state index in [2.05, 4.69) is 15.9 Å². The molecule has 0 amide bonds. The molecule has 0 heterocycles. The van der Waals surface area contributed by atoms with Crippen molar-refractivity contribution in [2.24, 2.45) is 0 Å². The molecule has 0 fully saturated rings. The van der Waals surface area contributed by atoms with E-state index in [1.807, 2.05) is 26.0 Å². The van der Waals surface area contributed by atoms with Gasteiger partial charge in [-0.1, -0.05) is 23.7 Å². The third kappa shape index (κ3) is 1.35. The van der Waals surface area contributed by atoms with Gasteiger partial charge >= 0.3 is 0 Å². The van der Waals surface area contributed by atoms with E-state index in [0.29, 0.717) is 0 Å². The molecule has 1 aromatic rings. The number of aryl methyl sites for hydroxylation is 2. The molecular weight excluding hydrogens is 211 g/mol. The SMILES string of the molecule is Cc1ccc(C)c(Br)c1Cl. The fourth-order valence-corrected chi connectivity index (χ4v) is 1.40. The molecule has 0 N–H and O–H groups in total. The van der Waals surface area contributed by atoms with E-state index in [1.165, 1.54) is 5.56 Å². The molecule has 54 valence electrons. The predicted octanol–water partition coefficient (Wildman–Crippen LogP) is 3.72. The first-order valence-corrected chi connectivity index (χ1v) is 4.21. The average molecular weight is 220 g/mol. The third-order valence-electron chi connectivity index (χ3n) is 1.47. The minimum Gasteiger partial charge on any atom is -0.0828 e. The van der Waals surface area contributed by atoms with Crippen molar-refractivity contribution in [3.63, 3.8) is 0 Å². The molecule has 0 aliphatic heterocycles. The van der Waals surface area contributed by atoms with Gasteiger partial charge in [0.05, 0.1) is 5.02 Å². The summed E-state index contributed by atoms with van der Waals surface area (Å²) in [6, 6.07) is 4.06. The van der Waals surface area contributed by atoms with Gasteiger partial charge in [0.15, 0.2) is 0 Å². The number of benzene rings is 1. The second-order valence-corrected chi connectivity index (χ2v) is 3.50. The van der Waals surface area contributed by atoms with Gasteiger partial charge < -0.3 is 0 Å². The molecule has 0 aliphatic rings. The largest absolute Gasteiger partial charge is 0.0828 e. The summed E-state index contributed by atoms with van der Waals surface area (Å²) in [5.74, 6) is 0. The van der Waals surface area contributed by atoms with Gasteiger partial charge in [-0.2, -0.15) is 0 Å². The van der Waals surface area contributed by atoms with E-state index in [1.54, 1.807) is 0 Å². The van der Waals surface area contributed by atoms with E-state index in [4.69, 9.17) is 11.6 Å². The van der Waals surface area contributed by atoms with Gasteiger partial charge in [0.2, 0.25) is 0 Å². The van der Waals surface area contributed by atoms with Crippen molar-refractivity contribution >= 4 is 27.5 Å². The molecule has 1 aromatic carbocycles. The van der Waals surface area contributed by atoms with Gasteiger partial charge in [0.25, 0.3) is 0 Å². The summed E-state index contributed by atoms with van der Waals surface area (Å²) < 4.78 is 1.01. The van der Waals surface area contributed by atoms with Crippen molar-refractivity contribution in [1.82, 2.24) is 0 Å². The molecule has 10 heavy (non-hydrogen) atoms. The monoisotopic (exact) mass is 218 g/mol. The first-order valence-electron chi connectivity index (χ1n) is 3.04. The van der Waals surface area contributed by atoms with E-state index in [0.717, 1.165) is 15.1 Å². The normalized spacial score (nSPS) is 10.0. The molecule has 0 radical (unpaired) electrons. The van der Waals surface area contributed by atoms with Gasteiger partial charge in [-0.15, -0.1) is 0 Å². The Hall–Kier alpha value is -0.0100. The summed E-state index contributed by atoms with van der Waals surface area (Å²) >= 11 is 9.33. The van der Waals surface area contributed by atoms with Crippen LogP contribution in [0.3, 0.4) is 0 Å². The maximum absolute atomic E-state index is 5.94. The molecule has 0 nitrogen and oxygen atoms in total. The maximum Gasteiger partial charge on any atom is 0.0579 e. The lowest BCUT2D eigenvalue weighted by Gasteiger charge is -2.02. The third-order valence-corrected chi connectivity index (χ3v) is 3.21. The van der Waals surface area contributed by atoms with E-state index in [9.17, 15) is 0 Å². The first-order chi connectivity index (χ1) is 4.63. The molecule has 0 saturated heterocycles. The van der Waals surface area contributed by atoms with Crippen molar-refractivity contribution in [3.8, 4) is 0 Å². The van der Waals surface area contributed by atoms with Crippen LogP contribution < -0.4 is 0 Å². The smallest absolute Gasteiger partial charge is 0.0579 e. The quantitative estimate of drug-likeness (QED) is 0.624. The van der Waals surface area contributed by atoms with E-state index in [-0.39, 0.29) is 0 Å². The lowest BCUT2D eigenvalue weighted by Crippen LogP contribution is -1.80. The fraction of sp³-hybridized carbons (Fsp3) is 0.250. The van der Waals surface area contributed by atoms with Crippen LogP contribution in [0.4, 0.5) is 0 Å². The van der Waals surface area contributed by atoms with Crippen LogP contribution in [0.5, 0.6) is 0 Å². The highest BCUT2D eigenvalue weighted by molar-refractivity contribution is 9.10. The highest BCUT2D eigenvalue weighted by Crippen LogP contribution is 2.28. The van der Waals surface area contributed by atoms with Crippen molar-refractivity contribution in [2.75, 3.05) is 0 Å². The van der Waals surface area contributed by atoms with E-state index < -0.39 is 0 Å². The number of rotatable bonds is 0. The maximum atomic E-state index is 5.94. The van der Waals surface area contributed by atoms with Crippen LogP contribution in [0.25, 0.3) is 0 Å². The fourth-order valence-electron chi connectivity index (χ4n) is 0.743. The van der Waals surface area contributed by atoms with Gasteiger partial charge in [-0.05, 0) is 40.9 Å². The Labute approximate surface area is 74.3 Å². The van der Waals surface area contributed by atoms with Crippen LogP contribution in [-0.2, 0) is 0 Å². The molecular formula is C8H8BrCl. The van der Waals surface area contributed by atoms with Crippen LogP contribution in [0, 0.1) is 13.8 Å². The molecule has 0 unspecified atom stereocenters. The van der Waals surface area contributed by atoms with Crippen molar-refractivity contribution in [3.05, 3.63) is 32.8 Å². The molecule has 0 spiro atoms. The van der Waals surface area contributed by atoms with Crippen LogP contribution in [0.1, 0.15) is 11.1 Å². The summed E-state index contributed by atoms with van der Waals surface area (Å²) in [6.45, 7) is 4.02. The Bertz CT molecular complexity index is 229. The highest BCUT2D eigenvalue weighted by atomic mass is 79.9. The Morgan fingerprint density at radius 1 is 1.20 bits per heavy atom. The van der Waals surface area contributed by atoms with Crippen LogP contribution in [-0.4, -0.2) is 0 Å². The predicted molar refractivity (Wildman–Crippen MR) is 48.6 cm³/mol. The molecule has 0 saturated carbocycles. The van der Waals surface area contributed by atoms with Gasteiger partial charge in [0.1, 0.15) is 0 Å². The zero-order valence-electron chi connectivity index (χ0n) is 5.91. The lowest BCUT2D eigenvalue weighted by molar-refractivity contribution is 1.37. The molecule has 0 bridgehead atoms. The second kappa shape index (κ2) is 2.93. The second-order valence-electron chi connectivity index (χ2n) is 2.33. The molecule has 1 rings (SSSR count). The number of halogens is 2. The van der Waals surface area contributed by atoms with Crippen LogP contribution in [0.2, 0.25) is 5.02 Å². The summed E-state index contributed by atoms with van der Waals surface area (Å²) in [5, 5.41) is 0.819. The summed E-state index contributed by atoms with van der Waals surface area (Å²) in [7, 11) is 0. The van der Waals surface area contributed by atoms with Gasteiger partial charge in [-0.25, -0.2) is 0 Å². The van der Waals surface area contributed by atoms with Crippen molar-refractivity contribution in [2.45, 2.75) is 13.8 Å². The Balaban J connectivity index is 3.34. The Morgan fingerprint density at radius 2 is 1.70 bits per heavy atom. The minimum atomic E-state index is 0.819. The Kier molecular flexibility index (Phi) is 2.37. The van der Waals surface area contributed by atoms with E-state index >= 15 is 0 Å². The zero-order chi connectivity index (χ0) is 7.72. The van der Waals surface area contributed by atoms with Crippen LogP contribution >= 0.6 is 27.5 Å². The minimum absolute atomic E-state index is 0.819. The summed E-state index contributed by atoms with van der Waals surface area (Å²) in [6.07, 6.45) is 0. The lowest BCUT2D eigenvalue weighted by atomic mass is 10.2. The number of hydrogen-bond donors (Lipinski definition) is 0. The van der Waals surface area contributed by atoms with Crippen molar-refractivity contribution in [1.29, 1.82) is 0 Å². The average Bonchev–Trinajstić information content (AvgIpc) is 1.93. The zero-order valence-corrected chi connectivity index (χ0v) is 8.25. The van der Waals surface area contributed by atoms with Gasteiger partial charge in [-0.3, -0.25) is 0 Å². The van der Waals surface area contributed by atoms with Crippen LogP contribution in [0.15, 0.2) is 16.6 Å². The van der Waals surface area contributed by atoms with Gasteiger partial charge in [0, 0.05) is 4.47 Å². The standard InChI is InChI=1S/C8H8BrCl/c1-5-3-4-6(2)8(10)7(5)9/h3-4H,1-2H3. The molecule has 0 aliphatic carbocycles.